The number of hydrogen-bond acceptors (Lipinski definition) is 3. The van der Waals surface area contributed by atoms with Crippen molar-refractivity contribution in [2.75, 3.05) is 11.9 Å². The van der Waals surface area contributed by atoms with Crippen LogP contribution in [0.5, 0.6) is 0 Å². The number of carbonyl (C=O) groups is 2. The lowest BCUT2D eigenvalue weighted by atomic mass is 9.52. The quantitative estimate of drug-likeness (QED) is 0.785. The number of nitrogens with zero attached hydrogens (tertiary/aromatic N) is 1. The predicted molar refractivity (Wildman–Crippen MR) is 95.9 cm³/mol. The second-order valence-corrected chi connectivity index (χ2v) is 8.27. The van der Waals surface area contributed by atoms with Gasteiger partial charge in [0.05, 0.1) is 5.92 Å². The van der Waals surface area contributed by atoms with E-state index < -0.39 is 6.10 Å². The summed E-state index contributed by atoms with van der Waals surface area (Å²) in [6.45, 7) is 1.69. The van der Waals surface area contributed by atoms with Gasteiger partial charge in [-0.1, -0.05) is 18.2 Å². The van der Waals surface area contributed by atoms with Crippen molar-refractivity contribution in [2.24, 2.45) is 29.6 Å². The molecule has 4 fully saturated rings. The fourth-order valence-corrected chi connectivity index (χ4v) is 5.66. The molecule has 0 aromatic heterocycles. The van der Waals surface area contributed by atoms with Gasteiger partial charge in [-0.25, -0.2) is 0 Å². The summed E-state index contributed by atoms with van der Waals surface area (Å²) >= 11 is 0. The van der Waals surface area contributed by atoms with E-state index >= 15 is 0 Å². The molecule has 5 rings (SSSR count). The highest BCUT2D eigenvalue weighted by atomic mass is 16.5. The normalized spacial score (nSPS) is 33.8. The minimum atomic E-state index is -0.741. The molecule has 4 heteroatoms. The third-order valence-corrected chi connectivity index (χ3v) is 6.61. The van der Waals surface area contributed by atoms with Gasteiger partial charge in [0, 0.05) is 12.7 Å². The fourth-order valence-electron chi connectivity index (χ4n) is 5.66. The molecule has 0 saturated heterocycles. The number of para-hydroxylation sites is 1. The molecule has 4 aliphatic carbocycles. The van der Waals surface area contributed by atoms with Gasteiger partial charge in [0.15, 0.2) is 6.10 Å². The molecule has 4 nitrogen and oxygen atoms in total. The SMILES string of the molecule is C[C@H](OC(=O)C1C2CC3CC(C2)CC1C3)C(=O)N(C)c1ccccc1. The van der Waals surface area contributed by atoms with Crippen LogP contribution in [-0.4, -0.2) is 25.0 Å². The Hall–Kier alpha value is -1.84. The average Bonchev–Trinajstić information content (AvgIpc) is 2.60. The summed E-state index contributed by atoms with van der Waals surface area (Å²) < 4.78 is 5.65. The van der Waals surface area contributed by atoms with E-state index in [0.29, 0.717) is 11.8 Å². The van der Waals surface area contributed by atoms with Gasteiger partial charge in [0.2, 0.25) is 0 Å². The minimum Gasteiger partial charge on any atom is -0.452 e. The van der Waals surface area contributed by atoms with Crippen LogP contribution < -0.4 is 4.90 Å². The molecule has 1 aromatic carbocycles. The zero-order valence-corrected chi connectivity index (χ0v) is 15.1. The molecular weight excluding hydrogens is 314 g/mol. The first-order valence-electron chi connectivity index (χ1n) is 9.56. The first-order chi connectivity index (χ1) is 12.0. The Balaban J connectivity index is 1.40. The number of rotatable bonds is 4. The molecule has 0 unspecified atom stereocenters. The molecule has 1 aromatic rings. The molecule has 0 N–H and O–H groups in total. The summed E-state index contributed by atoms with van der Waals surface area (Å²) in [6, 6.07) is 9.46. The van der Waals surface area contributed by atoms with E-state index in [0.717, 1.165) is 17.5 Å². The van der Waals surface area contributed by atoms with Crippen molar-refractivity contribution in [3.8, 4) is 0 Å². The number of hydrogen-bond donors (Lipinski definition) is 0. The summed E-state index contributed by atoms with van der Waals surface area (Å²) in [5.41, 5.74) is 0.810. The number of benzene rings is 1. The van der Waals surface area contributed by atoms with Crippen molar-refractivity contribution in [2.45, 2.75) is 45.1 Å². The van der Waals surface area contributed by atoms with Gasteiger partial charge in [-0.3, -0.25) is 9.59 Å². The largest absolute Gasteiger partial charge is 0.452 e. The maximum atomic E-state index is 12.8. The van der Waals surface area contributed by atoms with Crippen molar-refractivity contribution in [1.82, 2.24) is 0 Å². The summed E-state index contributed by atoms with van der Waals surface area (Å²) in [5, 5.41) is 0. The Labute approximate surface area is 149 Å². The second-order valence-electron chi connectivity index (χ2n) is 8.27. The monoisotopic (exact) mass is 341 g/mol. The van der Waals surface area contributed by atoms with Crippen molar-refractivity contribution >= 4 is 17.6 Å². The highest BCUT2D eigenvalue weighted by Crippen LogP contribution is 2.56. The third-order valence-electron chi connectivity index (χ3n) is 6.61. The van der Waals surface area contributed by atoms with E-state index in [1.165, 1.54) is 32.1 Å². The Morgan fingerprint density at radius 3 is 2.12 bits per heavy atom. The Bertz CT molecular complexity index is 628. The van der Waals surface area contributed by atoms with Crippen LogP contribution in [-0.2, 0) is 14.3 Å². The summed E-state index contributed by atoms with van der Waals surface area (Å²) in [7, 11) is 1.73. The molecule has 25 heavy (non-hydrogen) atoms. The summed E-state index contributed by atoms with van der Waals surface area (Å²) in [6.07, 6.45) is 5.34. The topological polar surface area (TPSA) is 46.6 Å². The van der Waals surface area contributed by atoms with E-state index in [-0.39, 0.29) is 17.8 Å². The lowest BCUT2D eigenvalue weighted by molar-refractivity contribution is -0.169. The number of ether oxygens (including phenoxy) is 1. The zero-order chi connectivity index (χ0) is 17.6. The first kappa shape index (κ1) is 16.6. The average molecular weight is 341 g/mol. The van der Waals surface area contributed by atoms with Crippen LogP contribution in [0.4, 0.5) is 5.69 Å². The van der Waals surface area contributed by atoms with E-state index in [9.17, 15) is 9.59 Å². The number of amides is 1. The van der Waals surface area contributed by atoms with Crippen LogP contribution in [0.1, 0.15) is 39.0 Å². The maximum absolute atomic E-state index is 12.8. The molecule has 134 valence electrons. The van der Waals surface area contributed by atoms with Crippen LogP contribution in [0.2, 0.25) is 0 Å². The molecular formula is C21H27NO3. The first-order valence-corrected chi connectivity index (χ1v) is 9.56. The van der Waals surface area contributed by atoms with Gasteiger partial charge in [0.25, 0.3) is 5.91 Å². The van der Waals surface area contributed by atoms with Crippen molar-refractivity contribution in [3.05, 3.63) is 30.3 Å². The molecule has 4 saturated carbocycles. The highest BCUT2D eigenvalue weighted by molar-refractivity contribution is 5.97. The minimum absolute atomic E-state index is 0.0186. The van der Waals surface area contributed by atoms with E-state index in [2.05, 4.69) is 0 Å². The number of anilines is 1. The molecule has 0 aliphatic heterocycles. The molecule has 4 bridgehead atoms. The van der Waals surface area contributed by atoms with Crippen molar-refractivity contribution < 1.29 is 14.3 Å². The van der Waals surface area contributed by atoms with Crippen LogP contribution in [0.25, 0.3) is 0 Å². The lowest BCUT2D eigenvalue weighted by Gasteiger charge is -2.53. The molecule has 0 spiro atoms. The lowest BCUT2D eigenvalue weighted by Crippen LogP contribution is -2.49. The smallest absolute Gasteiger partial charge is 0.310 e. The Morgan fingerprint density at radius 2 is 1.56 bits per heavy atom. The number of carbonyl (C=O) groups excluding carboxylic acids is 2. The van der Waals surface area contributed by atoms with Gasteiger partial charge in [-0.15, -0.1) is 0 Å². The van der Waals surface area contributed by atoms with Gasteiger partial charge < -0.3 is 9.64 Å². The predicted octanol–water partition coefficient (Wildman–Crippen LogP) is 3.65. The van der Waals surface area contributed by atoms with Crippen LogP contribution in [0.15, 0.2) is 30.3 Å². The molecule has 4 aliphatic rings. The summed E-state index contributed by atoms with van der Waals surface area (Å²) in [5.74, 6) is 2.32. The van der Waals surface area contributed by atoms with E-state index in [1.807, 2.05) is 30.3 Å². The summed E-state index contributed by atoms with van der Waals surface area (Å²) in [4.78, 5) is 27.0. The highest BCUT2D eigenvalue weighted by Gasteiger charge is 2.51. The molecule has 1 atom stereocenters. The van der Waals surface area contributed by atoms with Crippen LogP contribution in [0.3, 0.4) is 0 Å². The van der Waals surface area contributed by atoms with E-state index in [4.69, 9.17) is 4.74 Å². The number of likely N-dealkylation sites (N-methyl/N-ethyl adjacent to an activating group) is 1. The molecule has 0 radical (unpaired) electrons. The Morgan fingerprint density at radius 1 is 1.00 bits per heavy atom. The fraction of sp³-hybridized carbons (Fsp3) is 0.619. The zero-order valence-electron chi connectivity index (χ0n) is 15.1. The number of esters is 1. The van der Waals surface area contributed by atoms with Crippen molar-refractivity contribution in [3.63, 3.8) is 0 Å². The van der Waals surface area contributed by atoms with E-state index in [1.54, 1.807) is 18.9 Å². The maximum Gasteiger partial charge on any atom is 0.310 e. The van der Waals surface area contributed by atoms with Gasteiger partial charge in [0.1, 0.15) is 0 Å². The molecule has 0 heterocycles. The molecule has 1 amide bonds. The Kier molecular flexibility index (Phi) is 4.30. The van der Waals surface area contributed by atoms with Gasteiger partial charge in [-0.05, 0) is 74.8 Å². The third kappa shape index (κ3) is 3.07. The van der Waals surface area contributed by atoms with Gasteiger partial charge >= 0.3 is 5.97 Å². The standard InChI is InChI=1S/C21H27NO3/c1-13(20(23)22(2)18-6-4-3-5-7-18)25-21(24)19-16-9-14-8-15(11-16)12-17(19)10-14/h3-7,13-17,19H,8-12H2,1-2H3/t13-,14?,15?,16?,17?,19?/m0/s1. The van der Waals surface area contributed by atoms with Crippen LogP contribution in [0, 0.1) is 29.6 Å². The van der Waals surface area contributed by atoms with Gasteiger partial charge in [-0.2, -0.15) is 0 Å². The van der Waals surface area contributed by atoms with Crippen molar-refractivity contribution in [1.29, 1.82) is 0 Å². The second kappa shape index (κ2) is 6.47. The van der Waals surface area contributed by atoms with Crippen LogP contribution >= 0.6 is 0 Å².